The van der Waals surface area contributed by atoms with E-state index in [9.17, 15) is 8.42 Å². The summed E-state index contributed by atoms with van der Waals surface area (Å²) in [6, 6.07) is 15.0. The number of fused-ring (bicyclic) bond motifs is 3. The molecule has 2 aromatic carbocycles. The molecule has 4 rings (SSSR count). The van der Waals surface area contributed by atoms with Crippen molar-refractivity contribution in [2.45, 2.75) is 43.5 Å². The van der Waals surface area contributed by atoms with Gasteiger partial charge in [0.25, 0.3) is 0 Å². The van der Waals surface area contributed by atoms with Crippen molar-refractivity contribution < 1.29 is 8.42 Å². The average molecular weight is 354 g/mol. The predicted molar refractivity (Wildman–Crippen MR) is 100 cm³/mol. The molecular formula is C20H22N2O2S. The van der Waals surface area contributed by atoms with Gasteiger partial charge in [0.05, 0.1) is 4.90 Å². The molecule has 1 aromatic heterocycles. The number of aromatic nitrogens is 1. The molecule has 4 nitrogen and oxygen atoms in total. The molecule has 2 N–H and O–H groups in total. The molecule has 0 aliphatic heterocycles. The van der Waals surface area contributed by atoms with Crippen LogP contribution in [0.15, 0.2) is 53.4 Å². The highest BCUT2D eigenvalue weighted by molar-refractivity contribution is 7.89. The summed E-state index contributed by atoms with van der Waals surface area (Å²) >= 11 is 0. The molecule has 0 fully saturated rings. The van der Waals surface area contributed by atoms with Gasteiger partial charge in [0.2, 0.25) is 10.0 Å². The predicted octanol–water partition coefficient (Wildman–Crippen LogP) is 3.92. The van der Waals surface area contributed by atoms with Crippen molar-refractivity contribution in [2.75, 3.05) is 0 Å². The van der Waals surface area contributed by atoms with E-state index in [1.54, 1.807) is 6.07 Å². The normalized spacial score (nSPS) is 15.0. The van der Waals surface area contributed by atoms with Gasteiger partial charge in [-0.1, -0.05) is 36.8 Å². The summed E-state index contributed by atoms with van der Waals surface area (Å²) in [6.07, 6.45) is 5.68. The van der Waals surface area contributed by atoms with Gasteiger partial charge >= 0.3 is 0 Å². The summed E-state index contributed by atoms with van der Waals surface area (Å²) in [4.78, 5) is 3.81. The third-order valence-corrected chi connectivity index (χ3v) is 6.34. The molecule has 130 valence electrons. The molecule has 0 bridgehead atoms. The number of aromatic amines is 1. The highest BCUT2D eigenvalue weighted by Gasteiger charge is 2.18. The monoisotopic (exact) mass is 354 g/mol. The van der Waals surface area contributed by atoms with E-state index in [0.29, 0.717) is 11.4 Å². The largest absolute Gasteiger partial charge is 0.358 e. The second-order valence-corrected chi connectivity index (χ2v) is 8.43. The maximum absolute atomic E-state index is 12.7. The number of sulfonamides is 1. The number of hydrogen-bond donors (Lipinski definition) is 2. The Bertz CT molecular complexity index is 991. The first-order chi connectivity index (χ1) is 12.1. The van der Waals surface area contributed by atoms with Gasteiger partial charge in [0.15, 0.2) is 0 Å². The van der Waals surface area contributed by atoms with Gasteiger partial charge in [-0.25, -0.2) is 13.1 Å². The van der Waals surface area contributed by atoms with E-state index in [-0.39, 0.29) is 0 Å². The minimum Gasteiger partial charge on any atom is -0.358 e. The van der Waals surface area contributed by atoms with E-state index in [1.807, 2.05) is 42.5 Å². The second kappa shape index (κ2) is 6.65. The van der Waals surface area contributed by atoms with Gasteiger partial charge in [-0.05, 0) is 55.0 Å². The summed E-state index contributed by atoms with van der Waals surface area (Å²) in [5, 5.41) is 1.06. The summed E-state index contributed by atoms with van der Waals surface area (Å²) in [5.74, 6) is 0. The van der Waals surface area contributed by atoms with E-state index in [4.69, 9.17) is 0 Å². The van der Waals surface area contributed by atoms with Crippen LogP contribution in [0.25, 0.3) is 10.9 Å². The maximum Gasteiger partial charge on any atom is 0.240 e. The molecule has 25 heavy (non-hydrogen) atoms. The number of aryl methyl sites for hydroxylation is 2. The Kier molecular flexibility index (Phi) is 4.36. The number of nitrogens with one attached hydrogen (secondary N) is 2. The van der Waals surface area contributed by atoms with Crippen molar-refractivity contribution in [2.24, 2.45) is 0 Å². The number of rotatable bonds is 4. The van der Waals surface area contributed by atoms with Crippen molar-refractivity contribution in [1.29, 1.82) is 0 Å². The highest BCUT2D eigenvalue weighted by atomic mass is 32.2. The molecule has 1 aliphatic rings. The third kappa shape index (κ3) is 3.34. The first-order valence-electron chi connectivity index (χ1n) is 8.80. The Hall–Kier alpha value is -2.11. The second-order valence-electron chi connectivity index (χ2n) is 6.66. The van der Waals surface area contributed by atoms with Gasteiger partial charge < -0.3 is 4.98 Å². The zero-order valence-corrected chi connectivity index (χ0v) is 14.9. The molecule has 0 radical (unpaired) electrons. The number of benzene rings is 2. The van der Waals surface area contributed by atoms with Crippen LogP contribution >= 0.6 is 0 Å². The Labute approximate surface area is 148 Å². The van der Waals surface area contributed by atoms with Crippen molar-refractivity contribution in [1.82, 2.24) is 9.71 Å². The molecule has 0 saturated carbocycles. The lowest BCUT2D eigenvalue weighted by molar-refractivity contribution is 0.581. The van der Waals surface area contributed by atoms with Crippen LogP contribution < -0.4 is 4.72 Å². The Morgan fingerprint density at radius 2 is 1.76 bits per heavy atom. The molecule has 0 amide bonds. The number of H-pyrrole nitrogens is 1. The Morgan fingerprint density at radius 1 is 0.960 bits per heavy atom. The molecule has 0 spiro atoms. The van der Waals surface area contributed by atoms with Gasteiger partial charge in [-0.2, -0.15) is 0 Å². The molecule has 0 saturated heterocycles. The summed E-state index contributed by atoms with van der Waals surface area (Å²) in [7, 11) is -3.53. The van der Waals surface area contributed by atoms with Crippen molar-refractivity contribution in [3.8, 4) is 0 Å². The fourth-order valence-electron chi connectivity index (χ4n) is 3.59. The topological polar surface area (TPSA) is 62.0 Å². The Balaban J connectivity index is 1.65. The van der Waals surface area contributed by atoms with E-state index < -0.39 is 10.0 Å². The molecule has 1 aliphatic carbocycles. The van der Waals surface area contributed by atoms with Crippen LogP contribution in [0.4, 0.5) is 0 Å². The molecule has 1 heterocycles. The Morgan fingerprint density at radius 3 is 2.60 bits per heavy atom. The molecular weight excluding hydrogens is 332 g/mol. The van der Waals surface area contributed by atoms with Gasteiger partial charge in [0.1, 0.15) is 0 Å². The lowest BCUT2D eigenvalue weighted by Gasteiger charge is -2.08. The first-order valence-corrected chi connectivity index (χ1v) is 10.3. The fraction of sp³-hybridized carbons (Fsp3) is 0.300. The van der Waals surface area contributed by atoms with E-state index in [2.05, 4.69) is 9.71 Å². The van der Waals surface area contributed by atoms with Gasteiger partial charge in [-0.15, -0.1) is 0 Å². The lowest BCUT2D eigenvalue weighted by atomic mass is 10.1. The van der Waals surface area contributed by atoms with Crippen LogP contribution in [0.5, 0.6) is 0 Å². The average Bonchev–Trinajstić information content (AvgIpc) is 2.81. The van der Waals surface area contributed by atoms with Gasteiger partial charge in [-0.3, -0.25) is 0 Å². The van der Waals surface area contributed by atoms with Gasteiger partial charge in [0, 0.05) is 23.1 Å². The zero-order chi connectivity index (χ0) is 17.3. The minimum atomic E-state index is -3.53. The van der Waals surface area contributed by atoms with E-state index in [1.165, 1.54) is 30.5 Å². The van der Waals surface area contributed by atoms with E-state index >= 15 is 0 Å². The fourth-order valence-corrected chi connectivity index (χ4v) is 4.63. The van der Waals surface area contributed by atoms with Crippen molar-refractivity contribution in [3.63, 3.8) is 0 Å². The quantitative estimate of drug-likeness (QED) is 0.698. The first kappa shape index (κ1) is 16.4. The van der Waals surface area contributed by atoms with E-state index in [0.717, 1.165) is 29.3 Å². The van der Waals surface area contributed by atoms with Crippen molar-refractivity contribution in [3.05, 3.63) is 65.4 Å². The zero-order valence-electron chi connectivity index (χ0n) is 14.1. The molecule has 0 atom stereocenters. The highest BCUT2D eigenvalue weighted by Crippen LogP contribution is 2.30. The molecule has 3 aromatic rings. The van der Waals surface area contributed by atoms with Crippen LogP contribution in [0.2, 0.25) is 0 Å². The molecule has 5 heteroatoms. The minimum absolute atomic E-state index is 0.298. The lowest BCUT2D eigenvalue weighted by Crippen LogP contribution is -2.23. The maximum atomic E-state index is 12.7. The summed E-state index contributed by atoms with van der Waals surface area (Å²) < 4.78 is 28.1. The third-order valence-electron chi connectivity index (χ3n) is 4.94. The SMILES string of the molecule is O=S(=O)(NCc1ccccc1)c1ccc2[nH]c3c(c2c1)CCCCC3. The van der Waals surface area contributed by atoms with Crippen LogP contribution in [0.1, 0.15) is 36.1 Å². The van der Waals surface area contributed by atoms with Crippen molar-refractivity contribution >= 4 is 20.9 Å². The van der Waals surface area contributed by atoms with Crippen LogP contribution in [-0.4, -0.2) is 13.4 Å². The number of hydrogen-bond acceptors (Lipinski definition) is 2. The standard InChI is InChI=1S/C20H22N2O2S/c23-25(24,21-14-15-7-3-1-4-8-15)16-11-12-20-18(13-16)17-9-5-2-6-10-19(17)22-20/h1,3-4,7-8,11-13,21-22H,2,5-6,9-10,14H2. The smallest absolute Gasteiger partial charge is 0.240 e. The molecule has 0 unspecified atom stereocenters. The summed E-state index contributed by atoms with van der Waals surface area (Å²) in [6.45, 7) is 0.298. The van der Waals surface area contributed by atoms with Crippen LogP contribution in [-0.2, 0) is 29.4 Å². The summed E-state index contributed by atoms with van der Waals surface area (Å²) in [5.41, 5.74) is 4.56. The van der Waals surface area contributed by atoms with Crippen LogP contribution in [0, 0.1) is 0 Å². The van der Waals surface area contributed by atoms with Crippen LogP contribution in [0.3, 0.4) is 0 Å².